The predicted octanol–water partition coefficient (Wildman–Crippen LogP) is 6.69. The van der Waals surface area contributed by atoms with Crippen LogP contribution in [0.25, 0.3) is 0 Å². The maximum atomic E-state index is 10.7. The normalized spacial score (nSPS) is 13.2. The number of benzene rings is 3. The average Bonchev–Trinajstić information content (AvgIpc) is 2.64. The van der Waals surface area contributed by atoms with Crippen molar-refractivity contribution in [3.8, 4) is 0 Å². The first kappa shape index (κ1) is 19.0. The van der Waals surface area contributed by atoms with Crippen LogP contribution in [0.3, 0.4) is 0 Å². The van der Waals surface area contributed by atoms with E-state index in [9.17, 15) is 5.11 Å². The van der Waals surface area contributed by atoms with Crippen LogP contribution in [-0.4, -0.2) is 5.11 Å². The number of aliphatic hydroxyl groups excluding tert-OH is 1. The molecule has 3 rings (SSSR count). The van der Waals surface area contributed by atoms with Crippen LogP contribution in [0.15, 0.2) is 77.3 Å². The van der Waals surface area contributed by atoms with Crippen molar-refractivity contribution in [3.05, 3.63) is 99.0 Å². The number of hydrogen-bond donors (Lipinski definition) is 2. The molecule has 0 heterocycles. The molecule has 134 valence electrons. The summed E-state index contributed by atoms with van der Waals surface area (Å²) in [6.45, 7) is 2.04. The van der Waals surface area contributed by atoms with Gasteiger partial charge >= 0.3 is 0 Å². The van der Waals surface area contributed by atoms with E-state index < -0.39 is 6.10 Å². The molecule has 0 bridgehead atoms. The van der Waals surface area contributed by atoms with Crippen LogP contribution in [0, 0.1) is 6.92 Å². The summed E-state index contributed by atoms with van der Waals surface area (Å²) in [5.74, 6) is 0. The highest BCUT2D eigenvalue weighted by Crippen LogP contribution is 2.31. The van der Waals surface area contributed by atoms with E-state index in [1.807, 2.05) is 67.6 Å². The summed E-state index contributed by atoms with van der Waals surface area (Å²) in [6, 6.07) is 23.8. The molecular formula is C22H21BrClNO. The molecule has 0 aliphatic carbocycles. The number of rotatable bonds is 6. The van der Waals surface area contributed by atoms with Crippen LogP contribution < -0.4 is 5.32 Å². The Hall–Kier alpha value is -1.81. The number of nitrogens with one attached hydrogen (secondary N) is 1. The number of anilines is 1. The van der Waals surface area contributed by atoms with Gasteiger partial charge in [0.2, 0.25) is 0 Å². The molecule has 0 aliphatic heterocycles. The molecule has 0 spiro atoms. The standard InChI is InChI=1S/C22H21BrClNO/c1-15-2-4-17(5-3-15)22(26)14-21(16-6-8-18(23)9-7-16)25-20-12-10-19(24)11-13-20/h2-13,21-22,25-26H,14H2,1H3. The lowest BCUT2D eigenvalue weighted by molar-refractivity contribution is 0.160. The average molecular weight is 431 g/mol. The number of aryl methyl sites for hydroxylation is 1. The smallest absolute Gasteiger partial charge is 0.0812 e. The molecule has 4 heteroatoms. The Morgan fingerprint density at radius 2 is 1.46 bits per heavy atom. The molecule has 0 aromatic heterocycles. The lowest BCUT2D eigenvalue weighted by Crippen LogP contribution is -2.15. The number of aliphatic hydroxyl groups is 1. The fraction of sp³-hybridized carbons (Fsp3) is 0.182. The maximum absolute atomic E-state index is 10.7. The van der Waals surface area contributed by atoms with E-state index in [-0.39, 0.29) is 6.04 Å². The highest BCUT2D eigenvalue weighted by molar-refractivity contribution is 9.10. The molecule has 0 amide bonds. The van der Waals surface area contributed by atoms with Gasteiger partial charge in [0, 0.05) is 21.6 Å². The second kappa shape index (κ2) is 8.72. The van der Waals surface area contributed by atoms with Crippen molar-refractivity contribution >= 4 is 33.2 Å². The lowest BCUT2D eigenvalue weighted by Gasteiger charge is -2.24. The zero-order chi connectivity index (χ0) is 18.5. The summed E-state index contributed by atoms with van der Waals surface area (Å²) in [6.07, 6.45) is 0.0110. The van der Waals surface area contributed by atoms with Gasteiger partial charge in [0.15, 0.2) is 0 Å². The Morgan fingerprint density at radius 3 is 2.08 bits per heavy atom. The third-order valence-electron chi connectivity index (χ3n) is 4.38. The molecule has 2 atom stereocenters. The molecule has 2 unspecified atom stereocenters. The molecule has 0 aliphatic rings. The molecule has 0 fully saturated rings. The van der Waals surface area contributed by atoms with Crippen LogP contribution in [0.5, 0.6) is 0 Å². The van der Waals surface area contributed by atoms with E-state index in [2.05, 4.69) is 33.4 Å². The van der Waals surface area contributed by atoms with Gasteiger partial charge in [-0.3, -0.25) is 0 Å². The third kappa shape index (κ3) is 5.10. The Morgan fingerprint density at radius 1 is 0.885 bits per heavy atom. The molecule has 0 radical (unpaired) electrons. The van der Waals surface area contributed by atoms with Gasteiger partial charge in [0.25, 0.3) is 0 Å². The Bertz CT molecular complexity index is 832. The molecule has 2 N–H and O–H groups in total. The maximum Gasteiger partial charge on any atom is 0.0812 e. The zero-order valence-electron chi connectivity index (χ0n) is 14.5. The van der Waals surface area contributed by atoms with Crippen molar-refractivity contribution in [2.75, 3.05) is 5.32 Å². The van der Waals surface area contributed by atoms with Crippen LogP contribution >= 0.6 is 27.5 Å². The van der Waals surface area contributed by atoms with Gasteiger partial charge in [-0.15, -0.1) is 0 Å². The molecule has 0 saturated carbocycles. The second-order valence-corrected chi connectivity index (χ2v) is 7.77. The van der Waals surface area contributed by atoms with E-state index in [0.29, 0.717) is 11.4 Å². The molecule has 26 heavy (non-hydrogen) atoms. The molecular weight excluding hydrogens is 410 g/mol. The quantitative estimate of drug-likeness (QED) is 0.456. The van der Waals surface area contributed by atoms with E-state index in [0.717, 1.165) is 21.3 Å². The highest BCUT2D eigenvalue weighted by Gasteiger charge is 2.18. The zero-order valence-corrected chi connectivity index (χ0v) is 16.8. The first-order valence-electron chi connectivity index (χ1n) is 8.53. The van der Waals surface area contributed by atoms with Crippen molar-refractivity contribution in [2.24, 2.45) is 0 Å². The fourth-order valence-corrected chi connectivity index (χ4v) is 3.26. The molecule has 2 nitrogen and oxygen atoms in total. The van der Waals surface area contributed by atoms with Crippen molar-refractivity contribution in [3.63, 3.8) is 0 Å². The molecule has 3 aromatic carbocycles. The van der Waals surface area contributed by atoms with E-state index in [1.54, 1.807) is 0 Å². The van der Waals surface area contributed by atoms with E-state index >= 15 is 0 Å². The fourth-order valence-electron chi connectivity index (χ4n) is 2.87. The minimum absolute atomic E-state index is 0.0272. The summed E-state index contributed by atoms with van der Waals surface area (Å²) in [5.41, 5.74) is 4.20. The number of hydrogen-bond acceptors (Lipinski definition) is 2. The number of halogens is 2. The van der Waals surface area contributed by atoms with Crippen molar-refractivity contribution in [1.29, 1.82) is 0 Å². The Labute approximate surface area is 168 Å². The van der Waals surface area contributed by atoms with Gasteiger partial charge < -0.3 is 10.4 Å². The topological polar surface area (TPSA) is 32.3 Å². The SMILES string of the molecule is Cc1ccc(C(O)CC(Nc2ccc(Cl)cc2)c2ccc(Br)cc2)cc1. The first-order valence-corrected chi connectivity index (χ1v) is 9.70. The van der Waals surface area contributed by atoms with Crippen molar-refractivity contribution in [1.82, 2.24) is 0 Å². The summed E-state index contributed by atoms with van der Waals surface area (Å²) in [5, 5.41) is 15.0. The van der Waals surface area contributed by atoms with Crippen molar-refractivity contribution < 1.29 is 5.11 Å². The minimum Gasteiger partial charge on any atom is -0.388 e. The van der Waals surface area contributed by atoms with Gasteiger partial charge in [-0.25, -0.2) is 0 Å². The van der Waals surface area contributed by atoms with E-state index in [1.165, 1.54) is 5.56 Å². The highest BCUT2D eigenvalue weighted by atomic mass is 79.9. The van der Waals surface area contributed by atoms with Crippen LogP contribution in [0.2, 0.25) is 5.02 Å². The van der Waals surface area contributed by atoms with Gasteiger partial charge in [0.1, 0.15) is 0 Å². The summed E-state index contributed by atoms with van der Waals surface area (Å²) < 4.78 is 1.03. The van der Waals surface area contributed by atoms with Crippen LogP contribution in [-0.2, 0) is 0 Å². The van der Waals surface area contributed by atoms with Crippen LogP contribution in [0.1, 0.15) is 35.3 Å². The van der Waals surface area contributed by atoms with Crippen LogP contribution in [0.4, 0.5) is 5.69 Å². The largest absolute Gasteiger partial charge is 0.388 e. The predicted molar refractivity (Wildman–Crippen MR) is 113 cm³/mol. The Kier molecular flexibility index (Phi) is 6.36. The molecule has 3 aromatic rings. The first-order chi connectivity index (χ1) is 12.5. The summed E-state index contributed by atoms with van der Waals surface area (Å²) in [4.78, 5) is 0. The van der Waals surface area contributed by atoms with Gasteiger partial charge in [-0.2, -0.15) is 0 Å². The van der Waals surface area contributed by atoms with Gasteiger partial charge in [-0.05, 0) is 54.4 Å². The van der Waals surface area contributed by atoms with E-state index in [4.69, 9.17) is 11.6 Å². The third-order valence-corrected chi connectivity index (χ3v) is 5.16. The van der Waals surface area contributed by atoms with Gasteiger partial charge in [0.05, 0.1) is 12.1 Å². The summed E-state index contributed by atoms with van der Waals surface area (Å²) >= 11 is 9.47. The Balaban J connectivity index is 1.83. The summed E-state index contributed by atoms with van der Waals surface area (Å²) in [7, 11) is 0. The lowest BCUT2D eigenvalue weighted by atomic mass is 9.96. The van der Waals surface area contributed by atoms with Crippen molar-refractivity contribution in [2.45, 2.75) is 25.5 Å². The van der Waals surface area contributed by atoms with Gasteiger partial charge in [-0.1, -0.05) is 69.5 Å². The minimum atomic E-state index is -0.552. The monoisotopic (exact) mass is 429 g/mol. The second-order valence-electron chi connectivity index (χ2n) is 6.42. The molecule has 0 saturated heterocycles.